The number of carbonyl (C=O) groups is 1. The molecule has 2 aromatic carbocycles. The first-order chi connectivity index (χ1) is 12.8. The van der Waals surface area contributed by atoms with Gasteiger partial charge in [-0.25, -0.2) is 4.84 Å². The maximum atomic E-state index is 12.5. The molecule has 5 nitrogen and oxygen atoms in total. The number of benzene rings is 2. The van der Waals surface area contributed by atoms with Crippen LogP contribution in [-0.2, 0) is 16.1 Å². The zero-order valence-electron chi connectivity index (χ0n) is 15.1. The van der Waals surface area contributed by atoms with Gasteiger partial charge in [0.15, 0.2) is 0 Å². The van der Waals surface area contributed by atoms with E-state index in [0.29, 0.717) is 6.42 Å². The highest BCUT2D eigenvalue weighted by Gasteiger charge is 2.35. The molecule has 2 heterocycles. The fourth-order valence-corrected chi connectivity index (χ4v) is 3.88. The Labute approximate surface area is 154 Å². The molecule has 4 rings (SSSR count). The summed E-state index contributed by atoms with van der Waals surface area (Å²) in [5, 5.41) is 4.99. The third-order valence-corrected chi connectivity index (χ3v) is 5.19. The predicted octanol–water partition coefficient (Wildman–Crippen LogP) is 2.89. The van der Waals surface area contributed by atoms with E-state index in [9.17, 15) is 4.79 Å². The predicted molar refractivity (Wildman–Crippen MR) is 102 cm³/mol. The lowest BCUT2D eigenvalue weighted by atomic mass is 10.0. The van der Waals surface area contributed by atoms with Crippen LogP contribution in [0, 0.1) is 0 Å². The standard InChI is InChI=1S/C21H25N3O2/c1-2-21(26-24-18-11-7-6-10-17(18)14-20(24)25)23-13-12-22-15-19(23)16-8-4-3-5-9-16/h3-11,19,21-22H,2,12-15H2,1H3. The summed E-state index contributed by atoms with van der Waals surface area (Å²) in [6.07, 6.45) is 1.09. The van der Waals surface area contributed by atoms with Gasteiger partial charge in [0.1, 0.15) is 6.23 Å². The number of nitrogens with zero attached hydrogens (tertiary/aromatic N) is 2. The summed E-state index contributed by atoms with van der Waals surface area (Å²) in [4.78, 5) is 21.1. The second kappa shape index (κ2) is 7.58. The highest BCUT2D eigenvalue weighted by molar-refractivity contribution is 5.99. The third-order valence-electron chi connectivity index (χ3n) is 5.19. The molecule has 2 unspecified atom stereocenters. The molecule has 1 amide bonds. The van der Waals surface area contributed by atoms with Crippen LogP contribution in [0.2, 0.25) is 0 Å². The summed E-state index contributed by atoms with van der Waals surface area (Å²) >= 11 is 0. The number of hydrogen-bond acceptors (Lipinski definition) is 4. The molecule has 0 spiro atoms. The number of para-hydroxylation sites is 1. The first-order valence-electron chi connectivity index (χ1n) is 9.37. The molecule has 136 valence electrons. The van der Waals surface area contributed by atoms with Crippen LogP contribution >= 0.6 is 0 Å². The van der Waals surface area contributed by atoms with Crippen molar-refractivity contribution in [2.75, 3.05) is 24.7 Å². The van der Waals surface area contributed by atoms with Crippen LogP contribution in [0.3, 0.4) is 0 Å². The van der Waals surface area contributed by atoms with E-state index in [1.165, 1.54) is 10.6 Å². The number of amides is 1. The molecule has 0 aromatic heterocycles. The minimum absolute atomic E-state index is 0.0102. The number of hydrogen-bond donors (Lipinski definition) is 1. The molecule has 2 aromatic rings. The van der Waals surface area contributed by atoms with E-state index in [1.807, 2.05) is 30.3 Å². The highest BCUT2D eigenvalue weighted by atomic mass is 16.7. The first-order valence-corrected chi connectivity index (χ1v) is 9.37. The van der Waals surface area contributed by atoms with Crippen molar-refractivity contribution >= 4 is 11.6 Å². The first kappa shape index (κ1) is 17.2. The number of anilines is 1. The average Bonchev–Trinajstić information content (AvgIpc) is 3.02. The molecule has 2 aliphatic heterocycles. The smallest absolute Gasteiger partial charge is 0.255 e. The van der Waals surface area contributed by atoms with E-state index in [0.717, 1.165) is 37.3 Å². The van der Waals surface area contributed by atoms with Gasteiger partial charge in [0.05, 0.1) is 12.1 Å². The Bertz CT molecular complexity index is 765. The van der Waals surface area contributed by atoms with Crippen LogP contribution < -0.4 is 10.4 Å². The molecule has 0 aliphatic carbocycles. The van der Waals surface area contributed by atoms with E-state index in [-0.39, 0.29) is 18.2 Å². The number of piperazine rings is 1. The van der Waals surface area contributed by atoms with E-state index < -0.39 is 0 Å². The summed E-state index contributed by atoms with van der Waals surface area (Å²) in [7, 11) is 0. The van der Waals surface area contributed by atoms with Crippen molar-refractivity contribution in [2.45, 2.75) is 32.0 Å². The topological polar surface area (TPSA) is 44.8 Å². The number of fused-ring (bicyclic) bond motifs is 1. The minimum Gasteiger partial charge on any atom is -0.314 e. The quantitative estimate of drug-likeness (QED) is 0.900. The van der Waals surface area contributed by atoms with Gasteiger partial charge in [-0.15, -0.1) is 0 Å². The van der Waals surface area contributed by atoms with Crippen LogP contribution in [0.4, 0.5) is 5.69 Å². The Morgan fingerprint density at radius 2 is 1.92 bits per heavy atom. The maximum absolute atomic E-state index is 12.5. The third kappa shape index (κ3) is 3.26. The van der Waals surface area contributed by atoms with Crippen LogP contribution in [-0.4, -0.2) is 36.7 Å². The molecule has 2 atom stereocenters. The molecule has 5 heteroatoms. The van der Waals surface area contributed by atoms with Crippen molar-refractivity contribution in [1.29, 1.82) is 0 Å². The second-order valence-corrected chi connectivity index (χ2v) is 6.83. The van der Waals surface area contributed by atoms with Gasteiger partial charge < -0.3 is 5.32 Å². The number of nitrogens with one attached hydrogen (secondary N) is 1. The highest BCUT2D eigenvalue weighted by Crippen LogP contribution is 2.32. The zero-order chi connectivity index (χ0) is 17.9. The summed E-state index contributed by atoms with van der Waals surface area (Å²) in [6.45, 7) is 4.81. The number of carbonyl (C=O) groups excluding carboxylic acids is 1. The largest absolute Gasteiger partial charge is 0.314 e. The van der Waals surface area contributed by atoms with Crippen molar-refractivity contribution < 1.29 is 9.63 Å². The minimum atomic E-state index is -0.141. The maximum Gasteiger partial charge on any atom is 0.255 e. The Morgan fingerprint density at radius 1 is 1.15 bits per heavy atom. The summed E-state index contributed by atoms with van der Waals surface area (Å²) in [5.74, 6) is 0.0102. The Kier molecular flexibility index (Phi) is 5.02. The van der Waals surface area contributed by atoms with Crippen LogP contribution in [0.1, 0.15) is 30.5 Å². The van der Waals surface area contributed by atoms with Crippen molar-refractivity contribution in [3.05, 3.63) is 65.7 Å². The lowest BCUT2D eigenvalue weighted by molar-refractivity contribution is -0.139. The number of rotatable bonds is 5. The fourth-order valence-electron chi connectivity index (χ4n) is 3.88. The molecule has 1 saturated heterocycles. The lowest BCUT2D eigenvalue weighted by Crippen LogP contribution is -2.53. The molecule has 0 radical (unpaired) electrons. The van der Waals surface area contributed by atoms with Crippen molar-refractivity contribution in [3.63, 3.8) is 0 Å². The molecule has 0 saturated carbocycles. The van der Waals surface area contributed by atoms with Gasteiger partial charge >= 0.3 is 0 Å². The average molecular weight is 351 g/mol. The fraction of sp³-hybridized carbons (Fsp3) is 0.381. The van der Waals surface area contributed by atoms with Crippen molar-refractivity contribution in [2.24, 2.45) is 0 Å². The second-order valence-electron chi connectivity index (χ2n) is 6.83. The van der Waals surface area contributed by atoms with E-state index in [2.05, 4.69) is 41.4 Å². The van der Waals surface area contributed by atoms with Gasteiger partial charge in [-0.1, -0.05) is 55.5 Å². The molecular weight excluding hydrogens is 326 g/mol. The number of hydroxylamine groups is 1. The SMILES string of the molecule is CCC(ON1C(=O)Cc2ccccc21)N1CCNCC1c1ccccc1. The monoisotopic (exact) mass is 351 g/mol. The van der Waals surface area contributed by atoms with Gasteiger partial charge in [0.2, 0.25) is 0 Å². The van der Waals surface area contributed by atoms with Gasteiger partial charge in [-0.05, 0) is 23.6 Å². The van der Waals surface area contributed by atoms with E-state index in [1.54, 1.807) is 0 Å². The summed E-state index contributed by atoms with van der Waals surface area (Å²) in [6, 6.07) is 18.6. The zero-order valence-corrected chi connectivity index (χ0v) is 15.1. The molecule has 26 heavy (non-hydrogen) atoms. The Hall–Kier alpha value is -2.21. The molecule has 1 N–H and O–H groups in total. The molecular formula is C21H25N3O2. The van der Waals surface area contributed by atoms with Gasteiger partial charge in [0.25, 0.3) is 5.91 Å². The summed E-state index contributed by atoms with van der Waals surface area (Å²) in [5.41, 5.74) is 3.18. The van der Waals surface area contributed by atoms with Gasteiger partial charge in [-0.3, -0.25) is 9.69 Å². The van der Waals surface area contributed by atoms with Crippen molar-refractivity contribution in [1.82, 2.24) is 10.2 Å². The molecule has 2 aliphatic rings. The Balaban J connectivity index is 1.57. The lowest BCUT2D eigenvalue weighted by Gasteiger charge is -2.41. The summed E-state index contributed by atoms with van der Waals surface area (Å²) < 4.78 is 0. The van der Waals surface area contributed by atoms with Crippen molar-refractivity contribution in [3.8, 4) is 0 Å². The van der Waals surface area contributed by atoms with Crippen LogP contribution in [0.5, 0.6) is 0 Å². The van der Waals surface area contributed by atoms with Gasteiger partial charge in [-0.2, -0.15) is 5.06 Å². The van der Waals surface area contributed by atoms with Gasteiger partial charge in [0, 0.05) is 25.7 Å². The molecule has 1 fully saturated rings. The van der Waals surface area contributed by atoms with E-state index >= 15 is 0 Å². The van der Waals surface area contributed by atoms with Crippen LogP contribution in [0.25, 0.3) is 0 Å². The Morgan fingerprint density at radius 3 is 2.73 bits per heavy atom. The molecule has 0 bridgehead atoms. The van der Waals surface area contributed by atoms with E-state index in [4.69, 9.17) is 4.84 Å². The van der Waals surface area contributed by atoms with Crippen LogP contribution in [0.15, 0.2) is 54.6 Å². The normalized spacial score (nSPS) is 21.7.